The second-order valence-corrected chi connectivity index (χ2v) is 6.10. The van der Waals surface area contributed by atoms with E-state index in [0.29, 0.717) is 0 Å². The summed E-state index contributed by atoms with van der Waals surface area (Å²) >= 11 is 1.72. The average molecular weight is 299 g/mol. The number of nitrogens with one attached hydrogen (secondary N) is 1. The van der Waals surface area contributed by atoms with Crippen LogP contribution in [0.5, 0.6) is 0 Å². The van der Waals surface area contributed by atoms with Gasteiger partial charge in [0.2, 0.25) is 0 Å². The molecule has 21 heavy (non-hydrogen) atoms. The first-order valence-electron chi connectivity index (χ1n) is 7.00. The third-order valence-corrected chi connectivity index (χ3v) is 4.57. The predicted molar refractivity (Wildman–Crippen MR) is 84.5 cm³/mol. The van der Waals surface area contributed by atoms with Crippen molar-refractivity contribution in [1.29, 1.82) is 0 Å². The molecule has 4 heteroatoms. The quantitative estimate of drug-likeness (QED) is 0.859. The van der Waals surface area contributed by atoms with Crippen molar-refractivity contribution in [1.82, 2.24) is 5.32 Å². The van der Waals surface area contributed by atoms with E-state index in [9.17, 15) is 4.79 Å². The first-order valence-corrected chi connectivity index (χ1v) is 7.99. The fourth-order valence-electron chi connectivity index (χ4n) is 2.39. The maximum atomic E-state index is 11.5. The van der Waals surface area contributed by atoms with E-state index in [4.69, 9.17) is 4.74 Å². The number of cyclic esters (lactones) is 1. The highest BCUT2D eigenvalue weighted by atomic mass is 32.2. The van der Waals surface area contributed by atoms with Crippen molar-refractivity contribution >= 4 is 17.9 Å². The van der Waals surface area contributed by atoms with Crippen molar-refractivity contribution < 1.29 is 9.53 Å². The van der Waals surface area contributed by atoms with E-state index >= 15 is 0 Å². The Kier molecular flexibility index (Phi) is 4.46. The lowest BCUT2D eigenvalue weighted by atomic mass is 10.0. The molecule has 0 spiro atoms. The van der Waals surface area contributed by atoms with Crippen LogP contribution < -0.4 is 5.32 Å². The van der Waals surface area contributed by atoms with E-state index < -0.39 is 0 Å². The fraction of sp³-hybridized carbons (Fsp3) is 0.235. The number of ether oxygens (including phenoxy) is 1. The van der Waals surface area contributed by atoms with Gasteiger partial charge in [-0.1, -0.05) is 48.5 Å². The standard InChI is InChI=1S/C17H17NO2S/c19-17-18-15(11-13-7-3-1-4-8-13)16(20-17)12-21-14-9-5-2-6-10-14/h1-10,15-16H,11-12H2,(H,18,19)/t15-,16+/m0/s1. The molecule has 108 valence electrons. The van der Waals surface area contributed by atoms with Gasteiger partial charge >= 0.3 is 6.09 Å². The summed E-state index contributed by atoms with van der Waals surface area (Å²) < 4.78 is 5.40. The zero-order valence-electron chi connectivity index (χ0n) is 11.6. The van der Waals surface area contributed by atoms with Gasteiger partial charge in [-0.05, 0) is 24.1 Å². The molecule has 0 radical (unpaired) electrons. The van der Waals surface area contributed by atoms with Crippen LogP contribution in [0.2, 0.25) is 0 Å². The molecule has 1 aliphatic heterocycles. The van der Waals surface area contributed by atoms with Crippen LogP contribution in [-0.4, -0.2) is 24.0 Å². The topological polar surface area (TPSA) is 38.3 Å². The van der Waals surface area contributed by atoms with E-state index in [1.807, 2.05) is 36.4 Å². The predicted octanol–water partition coefficient (Wildman–Crippen LogP) is 3.50. The van der Waals surface area contributed by atoms with Crippen LogP contribution in [0.1, 0.15) is 5.56 Å². The first kappa shape index (κ1) is 14.0. The van der Waals surface area contributed by atoms with Gasteiger partial charge in [0, 0.05) is 10.6 Å². The lowest BCUT2D eigenvalue weighted by Gasteiger charge is -2.16. The summed E-state index contributed by atoms with van der Waals surface area (Å²) in [7, 11) is 0. The minimum Gasteiger partial charge on any atom is -0.443 e. The molecule has 0 aromatic heterocycles. The molecule has 3 nitrogen and oxygen atoms in total. The van der Waals surface area contributed by atoms with Gasteiger partial charge in [0.05, 0.1) is 6.04 Å². The van der Waals surface area contributed by atoms with Crippen molar-refractivity contribution in [2.24, 2.45) is 0 Å². The Morgan fingerprint density at radius 1 is 1.00 bits per heavy atom. The summed E-state index contributed by atoms with van der Waals surface area (Å²) in [5.41, 5.74) is 1.21. The molecule has 1 heterocycles. The van der Waals surface area contributed by atoms with Crippen molar-refractivity contribution in [3.63, 3.8) is 0 Å². The minimum absolute atomic E-state index is 0.0381. The molecule has 2 aromatic rings. The van der Waals surface area contributed by atoms with Crippen LogP contribution in [0, 0.1) is 0 Å². The molecule has 0 unspecified atom stereocenters. The summed E-state index contributed by atoms with van der Waals surface area (Å²) in [5.74, 6) is 0.764. The SMILES string of the molecule is O=C1N[C@@H](Cc2ccccc2)[C@@H](CSc2ccccc2)O1. The molecule has 1 saturated heterocycles. The highest BCUT2D eigenvalue weighted by Crippen LogP contribution is 2.23. The van der Waals surface area contributed by atoms with E-state index in [0.717, 1.165) is 12.2 Å². The van der Waals surface area contributed by atoms with Crippen molar-refractivity contribution in [3.8, 4) is 0 Å². The number of carbonyl (C=O) groups excluding carboxylic acids is 1. The van der Waals surface area contributed by atoms with Crippen LogP contribution in [0.4, 0.5) is 4.79 Å². The number of alkyl carbamates (subject to hydrolysis) is 1. The highest BCUT2D eigenvalue weighted by Gasteiger charge is 2.33. The number of thioether (sulfide) groups is 1. The molecule has 2 atom stereocenters. The lowest BCUT2D eigenvalue weighted by Crippen LogP contribution is -2.34. The first-order chi connectivity index (χ1) is 10.3. The Morgan fingerprint density at radius 3 is 2.38 bits per heavy atom. The van der Waals surface area contributed by atoms with Crippen LogP contribution in [-0.2, 0) is 11.2 Å². The van der Waals surface area contributed by atoms with Crippen LogP contribution in [0.15, 0.2) is 65.6 Å². The zero-order valence-corrected chi connectivity index (χ0v) is 12.4. The van der Waals surface area contributed by atoms with Crippen LogP contribution in [0.3, 0.4) is 0 Å². The van der Waals surface area contributed by atoms with E-state index in [1.54, 1.807) is 11.8 Å². The maximum absolute atomic E-state index is 11.5. The molecule has 0 bridgehead atoms. The lowest BCUT2D eigenvalue weighted by molar-refractivity contribution is 0.143. The molecular formula is C17H17NO2S. The zero-order chi connectivity index (χ0) is 14.5. The molecule has 3 rings (SSSR count). The third kappa shape index (κ3) is 3.79. The minimum atomic E-state index is -0.311. The van der Waals surface area contributed by atoms with E-state index in [1.165, 1.54) is 10.5 Å². The molecule has 1 fully saturated rings. The molecule has 2 aromatic carbocycles. The number of carbonyl (C=O) groups is 1. The summed E-state index contributed by atoms with van der Waals surface area (Å²) in [5, 5.41) is 2.91. The summed E-state index contributed by atoms with van der Waals surface area (Å²) in [6, 6.07) is 20.4. The Balaban J connectivity index is 1.61. The molecule has 0 aliphatic carbocycles. The van der Waals surface area contributed by atoms with E-state index in [2.05, 4.69) is 29.6 Å². The number of amides is 1. The molecule has 1 N–H and O–H groups in total. The Bertz CT molecular complexity index is 588. The number of rotatable bonds is 5. The number of hydrogen-bond acceptors (Lipinski definition) is 3. The summed E-state index contributed by atoms with van der Waals surface area (Å²) in [6.07, 6.45) is 0.393. The van der Waals surface area contributed by atoms with Gasteiger partial charge in [-0.3, -0.25) is 0 Å². The molecular weight excluding hydrogens is 282 g/mol. The van der Waals surface area contributed by atoms with Gasteiger partial charge in [0.25, 0.3) is 0 Å². The third-order valence-electron chi connectivity index (χ3n) is 3.47. The monoisotopic (exact) mass is 299 g/mol. The van der Waals surface area contributed by atoms with Gasteiger partial charge in [-0.25, -0.2) is 4.79 Å². The van der Waals surface area contributed by atoms with Crippen molar-refractivity contribution in [2.45, 2.75) is 23.5 Å². The Morgan fingerprint density at radius 2 is 1.67 bits per heavy atom. The van der Waals surface area contributed by atoms with Crippen LogP contribution >= 0.6 is 11.8 Å². The normalized spacial score (nSPS) is 20.9. The average Bonchev–Trinajstić information content (AvgIpc) is 2.87. The summed E-state index contributed by atoms with van der Waals surface area (Å²) in [4.78, 5) is 12.7. The highest BCUT2D eigenvalue weighted by molar-refractivity contribution is 7.99. The summed E-state index contributed by atoms with van der Waals surface area (Å²) in [6.45, 7) is 0. The maximum Gasteiger partial charge on any atom is 0.407 e. The molecule has 1 amide bonds. The molecule has 1 aliphatic rings. The van der Waals surface area contributed by atoms with E-state index in [-0.39, 0.29) is 18.2 Å². The number of hydrogen-bond donors (Lipinski definition) is 1. The second-order valence-electron chi connectivity index (χ2n) is 5.01. The van der Waals surface area contributed by atoms with Crippen molar-refractivity contribution in [3.05, 3.63) is 66.2 Å². The van der Waals surface area contributed by atoms with Gasteiger partial charge in [-0.2, -0.15) is 0 Å². The molecule has 0 saturated carbocycles. The van der Waals surface area contributed by atoms with Gasteiger partial charge < -0.3 is 10.1 Å². The van der Waals surface area contributed by atoms with Gasteiger partial charge in [0.1, 0.15) is 6.10 Å². The van der Waals surface area contributed by atoms with Gasteiger partial charge in [0.15, 0.2) is 0 Å². The largest absolute Gasteiger partial charge is 0.443 e. The fourth-order valence-corrected chi connectivity index (χ4v) is 3.40. The number of benzene rings is 2. The van der Waals surface area contributed by atoms with Crippen LogP contribution in [0.25, 0.3) is 0 Å². The second kappa shape index (κ2) is 6.68. The smallest absolute Gasteiger partial charge is 0.407 e. The Hall–Kier alpha value is -1.94. The Labute approximate surface area is 128 Å². The van der Waals surface area contributed by atoms with Gasteiger partial charge in [-0.15, -0.1) is 11.8 Å². The van der Waals surface area contributed by atoms with Crippen molar-refractivity contribution in [2.75, 3.05) is 5.75 Å².